The molecule has 1 fully saturated rings. The highest BCUT2D eigenvalue weighted by molar-refractivity contribution is 5.76. The summed E-state index contributed by atoms with van der Waals surface area (Å²) >= 11 is 0. The Kier molecular flexibility index (Phi) is 4.54. The van der Waals surface area contributed by atoms with Crippen LogP contribution in [0.1, 0.15) is 33.1 Å². The minimum atomic E-state index is -0.374. The number of hydrogen-bond acceptors (Lipinski definition) is 3. The summed E-state index contributed by atoms with van der Waals surface area (Å²) in [6, 6.07) is -0.0472. The van der Waals surface area contributed by atoms with Crippen LogP contribution in [0.3, 0.4) is 0 Å². The van der Waals surface area contributed by atoms with Crippen LogP contribution < -0.4 is 5.73 Å². The second kappa shape index (κ2) is 5.47. The van der Waals surface area contributed by atoms with E-state index in [-0.39, 0.29) is 18.1 Å². The van der Waals surface area contributed by atoms with E-state index in [9.17, 15) is 9.90 Å². The molecule has 1 rings (SSSR count). The smallest absolute Gasteiger partial charge is 0.224 e. The molecule has 0 aromatic rings. The van der Waals surface area contributed by atoms with Crippen molar-refractivity contribution in [3.05, 3.63) is 0 Å². The zero-order valence-corrected chi connectivity index (χ0v) is 9.65. The summed E-state index contributed by atoms with van der Waals surface area (Å²) in [6.45, 7) is 5.22. The molecule has 1 aliphatic rings. The molecular formula is C11H22N2O2. The van der Waals surface area contributed by atoms with Crippen molar-refractivity contribution in [2.24, 2.45) is 11.7 Å². The fourth-order valence-corrected chi connectivity index (χ4v) is 1.77. The van der Waals surface area contributed by atoms with E-state index in [0.29, 0.717) is 18.9 Å². The fourth-order valence-electron chi connectivity index (χ4n) is 1.77. The lowest BCUT2D eigenvalue weighted by atomic mass is 9.95. The molecule has 1 aliphatic heterocycles. The SMILES string of the molecule is CCC(N)CC(=O)N1CCC(C)C(O)C1. The van der Waals surface area contributed by atoms with Gasteiger partial charge in [0, 0.05) is 25.6 Å². The number of carbonyl (C=O) groups excluding carboxylic acids is 1. The Labute approximate surface area is 91.4 Å². The highest BCUT2D eigenvalue weighted by Gasteiger charge is 2.27. The van der Waals surface area contributed by atoms with E-state index < -0.39 is 0 Å². The summed E-state index contributed by atoms with van der Waals surface area (Å²) in [5.74, 6) is 0.379. The third-order valence-corrected chi connectivity index (χ3v) is 3.23. The van der Waals surface area contributed by atoms with Gasteiger partial charge >= 0.3 is 0 Å². The van der Waals surface area contributed by atoms with Gasteiger partial charge in [0.2, 0.25) is 5.91 Å². The molecule has 0 aromatic heterocycles. The first kappa shape index (κ1) is 12.5. The van der Waals surface area contributed by atoms with Gasteiger partial charge in [0.15, 0.2) is 0 Å². The van der Waals surface area contributed by atoms with Crippen molar-refractivity contribution in [3.8, 4) is 0 Å². The normalized spacial score (nSPS) is 28.9. The first-order chi connectivity index (χ1) is 7.04. The van der Waals surface area contributed by atoms with Gasteiger partial charge in [-0.3, -0.25) is 4.79 Å². The summed E-state index contributed by atoms with van der Waals surface area (Å²) in [7, 11) is 0. The maximum Gasteiger partial charge on any atom is 0.224 e. The third kappa shape index (κ3) is 3.47. The molecule has 3 unspecified atom stereocenters. The Bertz CT molecular complexity index is 221. The molecule has 88 valence electrons. The molecule has 0 aliphatic carbocycles. The molecule has 15 heavy (non-hydrogen) atoms. The zero-order valence-electron chi connectivity index (χ0n) is 9.65. The maximum absolute atomic E-state index is 11.8. The van der Waals surface area contributed by atoms with Crippen LogP contribution in [0, 0.1) is 5.92 Å². The first-order valence-electron chi connectivity index (χ1n) is 5.76. The van der Waals surface area contributed by atoms with Crippen molar-refractivity contribution in [1.29, 1.82) is 0 Å². The Morgan fingerprint density at radius 3 is 2.87 bits per heavy atom. The van der Waals surface area contributed by atoms with Crippen LogP contribution in [0.2, 0.25) is 0 Å². The fraction of sp³-hybridized carbons (Fsp3) is 0.909. The van der Waals surface area contributed by atoms with Crippen LogP contribution in [-0.4, -0.2) is 41.1 Å². The Balaban J connectivity index is 2.40. The summed E-state index contributed by atoms with van der Waals surface area (Å²) in [5.41, 5.74) is 5.73. The molecule has 1 saturated heterocycles. The van der Waals surface area contributed by atoms with Gasteiger partial charge in [-0.25, -0.2) is 0 Å². The lowest BCUT2D eigenvalue weighted by Gasteiger charge is -2.34. The molecule has 0 saturated carbocycles. The van der Waals surface area contributed by atoms with E-state index in [0.717, 1.165) is 19.4 Å². The van der Waals surface area contributed by atoms with Crippen LogP contribution >= 0.6 is 0 Å². The molecule has 4 heteroatoms. The van der Waals surface area contributed by atoms with Crippen molar-refractivity contribution >= 4 is 5.91 Å². The zero-order chi connectivity index (χ0) is 11.4. The number of β-amino-alcohol motifs (C(OH)–C–C–N with tert-alkyl or cyclic N) is 1. The third-order valence-electron chi connectivity index (χ3n) is 3.23. The minimum Gasteiger partial charge on any atom is -0.391 e. The number of nitrogens with two attached hydrogens (primary N) is 1. The molecule has 0 bridgehead atoms. The number of amides is 1. The predicted molar refractivity (Wildman–Crippen MR) is 59.3 cm³/mol. The van der Waals surface area contributed by atoms with E-state index in [1.54, 1.807) is 4.90 Å². The second-order valence-electron chi connectivity index (χ2n) is 4.55. The lowest BCUT2D eigenvalue weighted by molar-refractivity contribution is -0.135. The second-order valence-corrected chi connectivity index (χ2v) is 4.55. The number of aliphatic hydroxyl groups excluding tert-OH is 1. The Morgan fingerprint density at radius 2 is 2.33 bits per heavy atom. The van der Waals surface area contributed by atoms with Crippen LogP contribution in [-0.2, 0) is 4.79 Å². The molecule has 3 atom stereocenters. The molecule has 0 spiro atoms. The first-order valence-corrected chi connectivity index (χ1v) is 5.76. The van der Waals surface area contributed by atoms with Crippen molar-refractivity contribution in [3.63, 3.8) is 0 Å². The van der Waals surface area contributed by atoms with Gasteiger partial charge in [0.1, 0.15) is 0 Å². The van der Waals surface area contributed by atoms with Crippen LogP contribution in [0.15, 0.2) is 0 Å². The predicted octanol–water partition coefficient (Wildman–Crippen LogP) is 0.343. The molecule has 4 nitrogen and oxygen atoms in total. The molecule has 1 heterocycles. The molecule has 0 aromatic carbocycles. The summed E-state index contributed by atoms with van der Waals surface area (Å²) in [5, 5.41) is 9.66. The number of rotatable bonds is 3. The number of nitrogens with zero attached hydrogens (tertiary/aromatic N) is 1. The van der Waals surface area contributed by atoms with Gasteiger partial charge in [0.25, 0.3) is 0 Å². The molecule has 1 amide bonds. The number of hydrogen-bond donors (Lipinski definition) is 2. The van der Waals surface area contributed by atoms with Gasteiger partial charge in [0.05, 0.1) is 6.10 Å². The molecule has 3 N–H and O–H groups in total. The monoisotopic (exact) mass is 214 g/mol. The molecule has 0 radical (unpaired) electrons. The number of likely N-dealkylation sites (tertiary alicyclic amines) is 1. The summed E-state index contributed by atoms with van der Waals surface area (Å²) in [6.07, 6.45) is 1.73. The highest BCUT2D eigenvalue weighted by atomic mass is 16.3. The molecular weight excluding hydrogens is 192 g/mol. The van der Waals surface area contributed by atoms with E-state index >= 15 is 0 Å². The average Bonchev–Trinajstić information content (AvgIpc) is 2.21. The standard InChI is InChI=1S/C11H22N2O2/c1-3-9(12)6-11(15)13-5-4-8(2)10(14)7-13/h8-10,14H,3-7,12H2,1-2H3. The quantitative estimate of drug-likeness (QED) is 0.712. The topological polar surface area (TPSA) is 66.6 Å². The van der Waals surface area contributed by atoms with Crippen molar-refractivity contribution < 1.29 is 9.90 Å². The van der Waals surface area contributed by atoms with Crippen molar-refractivity contribution in [2.75, 3.05) is 13.1 Å². The van der Waals surface area contributed by atoms with E-state index in [1.165, 1.54) is 0 Å². The minimum absolute atomic E-state index is 0.0472. The Morgan fingerprint density at radius 1 is 1.67 bits per heavy atom. The van der Waals surface area contributed by atoms with Crippen molar-refractivity contribution in [1.82, 2.24) is 4.90 Å². The average molecular weight is 214 g/mol. The number of carbonyl (C=O) groups is 1. The van der Waals surface area contributed by atoms with Gasteiger partial charge < -0.3 is 15.7 Å². The van der Waals surface area contributed by atoms with E-state index in [4.69, 9.17) is 5.73 Å². The van der Waals surface area contributed by atoms with E-state index in [2.05, 4.69) is 0 Å². The summed E-state index contributed by atoms with van der Waals surface area (Å²) in [4.78, 5) is 13.5. The summed E-state index contributed by atoms with van der Waals surface area (Å²) < 4.78 is 0. The van der Waals surface area contributed by atoms with Crippen molar-refractivity contribution in [2.45, 2.75) is 45.3 Å². The highest BCUT2D eigenvalue weighted by Crippen LogP contribution is 2.17. The Hall–Kier alpha value is -0.610. The number of aliphatic hydroxyl groups is 1. The van der Waals surface area contributed by atoms with Gasteiger partial charge in [-0.15, -0.1) is 0 Å². The van der Waals surface area contributed by atoms with Gasteiger partial charge in [-0.2, -0.15) is 0 Å². The van der Waals surface area contributed by atoms with Gasteiger partial charge in [-0.1, -0.05) is 13.8 Å². The number of piperidine rings is 1. The largest absolute Gasteiger partial charge is 0.391 e. The maximum atomic E-state index is 11.8. The van der Waals surface area contributed by atoms with E-state index in [1.807, 2.05) is 13.8 Å². The van der Waals surface area contributed by atoms with Crippen LogP contribution in [0.5, 0.6) is 0 Å². The van der Waals surface area contributed by atoms with Crippen LogP contribution in [0.25, 0.3) is 0 Å². The van der Waals surface area contributed by atoms with Gasteiger partial charge in [-0.05, 0) is 18.8 Å². The lowest BCUT2D eigenvalue weighted by Crippen LogP contribution is -2.47. The van der Waals surface area contributed by atoms with Crippen LogP contribution in [0.4, 0.5) is 0 Å².